The van der Waals surface area contributed by atoms with Crippen LogP contribution < -0.4 is 5.32 Å². The summed E-state index contributed by atoms with van der Waals surface area (Å²) in [5.41, 5.74) is 1.55. The van der Waals surface area contributed by atoms with E-state index in [4.69, 9.17) is 21.7 Å². The molecular weight excluding hydrogens is 360 g/mol. The molecular formula is C18H23ClN2O3S. The Morgan fingerprint density at radius 3 is 2.72 bits per heavy atom. The Kier molecular flexibility index (Phi) is 6.93. The van der Waals surface area contributed by atoms with Crippen molar-refractivity contribution < 1.29 is 14.6 Å². The second-order valence-corrected chi connectivity index (χ2v) is 7.39. The SMILES string of the molecule is CNC(=O)/C(C(=N)C1CC1)=C(/O)c1ccc(Cl)c(SCCOC)c1C. The number of hydrogen-bond donors (Lipinski definition) is 3. The van der Waals surface area contributed by atoms with Gasteiger partial charge in [-0.15, -0.1) is 11.8 Å². The summed E-state index contributed by atoms with van der Waals surface area (Å²) in [6.07, 6.45) is 1.76. The van der Waals surface area contributed by atoms with E-state index in [9.17, 15) is 9.90 Å². The summed E-state index contributed by atoms with van der Waals surface area (Å²) in [5, 5.41) is 22.2. The molecule has 5 nitrogen and oxygen atoms in total. The Morgan fingerprint density at radius 2 is 2.16 bits per heavy atom. The normalized spacial score (nSPS) is 14.9. The van der Waals surface area contributed by atoms with Gasteiger partial charge in [-0.1, -0.05) is 11.6 Å². The molecule has 3 N–H and O–H groups in total. The van der Waals surface area contributed by atoms with Crippen LogP contribution in [0.3, 0.4) is 0 Å². The zero-order chi connectivity index (χ0) is 18.6. The average molecular weight is 383 g/mol. The number of amides is 1. The van der Waals surface area contributed by atoms with Crippen LogP contribution in [0.4, 0.5) is 0 Å². The molecule has 0 heterocycles. The minimum absolute atomic E-state index is 0.0447. The zero-order valence-electron chi connectivity index (χ0n) is 14.6. The molecule has 0 aromatic heterocycles. The molecule has 0 unspecified atom stereocenters. The predicted molar refractivity (Wildman–Crippen MR) is 103 cm³/mol. The largest absolute Gasteiger partial charge is 0.506 e. The molecule has 136 valence electrons. The maximum absolute atomic E-state index is 12.3. The van der Waals surface area contributed by atoms with Gasteiger partial charge in [-0.3, -0.25) is 4.79 Å². The van der Waals surface area contributed by atoms with E-state index in [1.54, 1.807) is 19.2 Å². The summed E-state index contributed by atoms with van der Waals surface area (Å²) in [4.78, 5) is 13.1. The van der Waals surface area contributed by atoms with Crippen LogP contribution in [0.5, 0.6) is 0 Å². The molecule has 0 aliphatic heterocycles. The lowest BCUT2D eigenvalue weighted by Crippen LogP contribution is -2.27. The zero-order valence-corrected chi connectivity index (χ0v) is 16.2. The molecule has 1 fully saturated rings. The maximum Gasteiger partial charge on any atom is 0.256 e. The first-order chi connectivity index (χ1) is 11.9. The van der Waals surface area contributed by atoms with E-state index in [1.807, 2.05) is 6.92 Å². The number of likely N-dealkylation sites (N-methyl/N-ethyl adjacent to an activating group) is 1. The highest BCUT2D eigenvalue weighted by molar-refractivity contribution is 7.99. The number of carbonyl (C=O) groups excluding carboxylic acids is 1. The van der Waals surface area contributed by atoms with Crippen LogP contribution in [-0.4, -0.2) is 43.2 Å². The maximum atomic E-state index is 12.3. The molecule has 1 aliphatic rings. The molecule has 0 saturated heterocycles. The summed E-state index contributed by atoms with van der Waals surface area (Å²) in [7, 11) is 3.13. The van der Waals surface area contributed by atoms with Gasteiger partial charge in [0.2, 0.25) is 0 Å². The van der Waals surface area contributed by atoms with Gasteiger partial charge < -0.3 is 20.6 Å². The fraction of sp³-hybridized carbons (Fsp3) is 0.444. The number of hydrogen-bond acceptors (Lipinski definition) is 5. The molecule has 1 amide bonds. The Bertz CT molecular complexity index is 715. The minimum Gasteiger partial charge on any atom is -0.506 e. The van der Waals surface area contributed by atoms with Gasteiger partial charge in [0.1, 0.15) is 11.3 Å². The van der Waals surface area contributed by atoms with Gasteiger partial charge in [0.15, 0.2) is 0 Å². The minimum atomic E-state index is -0.447. The van der Waals surface area contributed by atoms with E-state index >= 15 is 0 Å². The van der Waals surface area contributed by atoms with Crippen LogP contribution in [0.1, 0.15) is 24.0 Å². The van der Waals surface area contributed by atoms with Gasteiger partial charge in [-0.05, 0) is 37.5 Å². The number of aliphatic hydroxyl groups excluding tert-OH is 1. The number of carbonyl (C=O) groups is 1. The van der Waals surface area contributed by atoms with Crippen LogP contribution in [0.15, 0.2) is 22.6 Å². The number of aliphatic hydroxyl groups is 1. The average Bonchev–Trinajstić information content (AvgIpc) is 3.42. The third-order valence-corrected chi connectivity index (χ3v) is 5.71. The number of ether oxygens (including phenoxy) is 1. The van der Waals surface area contributed by atoms with E-state index in [1.165, 1.54) is 18.8 Å². The smallest absolute Gasteiger partial charge is 0.256 e. The molecule has 0 atom stereocenters. The summed E-state index contributed by atoms with van der Waals surface area (Å²) >= 11 is 7.83. The Balaban J connectivity index is 2.47. The molecule has 0 spiro atoms. The second kappa shape index (κ2) is 8.74. The molecule has 7 heteroatoms. The lowest BCUT2D eigenvalue weighted by molar-refractivity contribution is -0.116. The third kappa shape index (κ3) is 4.57. The van der Waals surface area contributed by atoms with E-state index in [-0.39, 0.29) is 23.0 Å². The van der Waals surface area contributed by atoms with Crippen molar-refractivity contribution in [2.24, 2.45) is 5.92 Å². The molecule has 1 aliphatic carbocycles. The molecule has 0 bridgehead atoms. The van der Waals surface area contributed by atoms with E-state index in [0.29, 0.717) is 17.2 Å². The van der Waals surface area contributed by atoms with E-state index in [2.05, 4.69) is 5.32 Å². The Morgan fingerprint density at radius 1 is 1.48 bits per heavy atom. The quantitative estimate of drug-likeness (QED) is 0.210. The van der Waals surface area contributed by atoms with Crippen LogP contribution in [0.25, 0.3) is 5.76 Å². The third-order valence-electron chi connectivity index (χ3n) is 4.09. The fourth-order valence-corrected chi connectivity index (χ4v) is 3.87. The fourth-order valence-electron chi connectivity index (χ4n) is 2.51. The van der Waals surface area contributed by atoms with Crippen LogP contribution in [-0.2, 0) is 9.53 Å². The summed E-state index contributed by atoms with van der Waals surface area (Å²) in [5.74, 6) is 0.166. The highest BCUT2D eigenvalue weighted by Crippen LogP contribution is 2.37. The highest BCUT2D eigenvalue weighted by atomic mass is 35.5. The van der Waals surface area contributed by atoms with Crippen molar-refractivity contribution in [1.82, 2.24) is 5.32 Å². The van der Waals surface area contributed by atoms with Gasteiger partial charge in [0.25, 0.3) is 5.91 Å². The van der Waals surface area contributed by atoms with Gasteiger partial charge in [0.05, 0.1) is 17.3 Å². The number of benzene rings is 1. The monoisotopic (exact) mass is 382 g/mol. The van der Waals surface area contributed by atoms with Gasteiger partial charge in [-0.2, -0.15) is 0 Å². The first-order valence-electron chi connectivity index (χ1n) is 8.07. The highest BCUT2D eigenvalue weighted by Gasteiger charge is 2.33. The number of thioether (sulfide) groups is 1. The van der Waals surface area contributed by atoms with Crippen molar-refractivity contribution in [2.45, 2.75) is 24.7 Å². The summed E-state index contributed by atoms with van der Waals surface area (Å²) < 4.78 is 5.07. The number of nitrogens with one attached hydrogen (secondary N) is 2. The molecule has 25 heavy (non-hydrogen) atoms. The van der Waals surface area contributed by atoms with Crippen LogP contribution in [0.2, 0.25) is 5.02 Å². The molecule has 1 saturated carbocycles. The number of rotatable bonds is 8. The molecule has 2 rings (SSSR count). The Hall–Kier alpha value is -1.50. The second-order valence-electron chi connectivity index (χ2n) is 5.88. The van der Waals surface area contributed by atoms with Gasteiger partial charge in [-0.25, -0.2) is 0 Å². The molecule has 0 radical (unpaired) electrons. The summed E-state index contributed by atoms with van der Waals surface area (Å²) in [6.45, 7) is 2.44. The lowest BCUT2D eigenvalue weighted by Gasteiger charge is -2.16. The molecule has 1 aromatic rings. The van der Waals surface area contributed by atoms with E-state index in [0.717, 1.165) is 29.1 Å². The molecule has 1 aromatic carbocycles. The number of halogens is 1. The van der Waals surface area contributed by atoms with Crippen LogP contribution in [0, 0.1) is 18.3 Å². The predicted octanol–water partition coefficient (Wildman–Crippen LogP) is 3.83. The van der Waals surface area contributed by atoms with Crippen molar-refractivity contribution in [3.05, 3.63) is 33.9 Å². The topological polar surface area (TPSA) is 82.4 Å². The van der Waals surface area contributed by atoms with Crippen molar-refractivity contribution in [3.63, 3.8) is 0 Å². The van der Waals surface area contributed by atoms with Crippen molar-refractivity contribution in [2.75, 3.05) is 26.5 Å². The Labute approximate surface area is 157 Å². The van der Waals surface area contributed by atoms with Crippen molar-refractivity contribution in [3.8, 4) is 0 Å². The first kappa shape index (κ1) is 19.8. The van der Waals surface area contributed by atoms with Gasteiger partial charge in [0, 0.05) is 36.3 Å². The lowest BCUT2D eigenvalue weighted by atomic mass is 9.98. The van der Waals surface area contributed by atoms with Gasteiger partial charge >= 0.3 is 0 Å². The first-order valence-corrected chi connectivity index (χ1v) is 9.44. The van der Waals surface area contributed by atoms with Crippen molar-refractivity contribution >= 4 is 40.7 Å². The number of methoxy groups -OCH3 is 1. The van der Waals surface area contributed by atoms with Crippen LogP contribution >= 0.6 is 23.4 Å². The summed E-state index contributed by atoms with van der Waals surface area (Å²) in [6, 6.07) is 3.40. The van der Waals surface area contributed by atoms with E-state index < -0.39 is 5.91 Å². The van der Waals surface area contributed by atoms with Crippen molar-refractivity contribution in [1.29, 1.82) is 5.41 Å². The standard InChI is InChI=1S/C18H23ClN2O3S/c1-10-12(6-7-13(19)17(10)25-9-8-24-3)16(22)14(18(23)21-2)15(20)11-4-5-11/h6-7,11,20,22H,4-5,8-9H2,1-3H3,(H,21,23)/b16-14+,20-15?.